The molecule has 2 aromatic carbocycles. The minimum atomic E-state index is -0.453. The van der Waals surface area contributed by atoms with Crippen molar-refractivity contribution in [1.82, 2.24) is 5.43 Å². The minimum absolute atomic E-state index is 0.00956. The van der Waals surface area contributed by atoms with Crippen LogP contribution in [0.1, 0.15) is 15.9 Å². The number of carbonyl (C=O) groups excluding carboxylic acids is 1. The Bertz CT molecular complexity index is 788. The highest BCUT2D eigenvalue weighted by Crippen LogP contribution is 2.18. The SMILES string of the molecule is O=C(N/N=C/C=C/c1ccccc1[N+](=O)[O-])c1cccc(Br)c1. The molecule has 0 saturated carbocycles. The molecule has 2 aromatic rings. The smallest absolute Gasteiger partial charge is 0.267 e. The first-order valence-electron chi connectivity index (χ1n) is 6.57. The predicted molar refractivity (Wildman–Crippen MR) is 92.2 cm³/mol. The van der Waals surface area contributed by atoms with Crippen LogP contribution in [0.15, 0.2) is 64.2 Å². The molecule has 116 valence electrons. The van der Waals surface area contributed by atoms with Crippen LogP contribution in [-0.2, 0) is 0 Å². The van der Waals surface area contributed by atoms with Gasteiger partial charge in [-0.1, -0.05) is 34.1 Å². The Morgan fingerprint density at radius 1 is 1.22 bits per heavy atom. The Kier molecular flexibility index (Phi) is 5.76. The average molecular weight is 374 g/mol. The van der Waals surface area contributed by atoms with Gasteiger partial charge in [-0.15, -0.1) is 0 Å². The fourth-order valence-corrected chi connectivity index (χ4v) is 2.17. The molecule has 0 aliphatic carbocycles. The van der Waals surface area contributed by atoms with Gasteiger partial charge in [0, 0.05) is 22.3 Å². The van der Waals surface area contributed by atoms with Gasteiger partial charge in [-0.25, -0.2) is 5.43 Å². The molecule has 0 spiro atoms. The summed E-state index contributed by atoms with van der Waals surface area (Å²) in [6.07, 6.45) is 4.42. The van der Waals surface area contributed by atoms with Crippen LogP contribution in [0.4, 0.5) is 5.69 Å². The van der Waals surface area contributed by atoms with Crippen LogP contribution in [0.3, 0.4) is 0 Å². The van der Waals surface area contributed by atoms with Crippen LogP contribution >= 0.6 is 15.9 Å². The van der Waals surface area contributed by atoms with E-state index in [9.17, 15) is 14.9 Å². The molecule has 2 rings (SSSR count). The van der Waals surface area contributed by atoms with E-state index in [2.05, 4.69) is 26.5 Å². The van der Waals surface area contributed by atoms with Crippen molar-refractivity contribution in [3.05, 3.63) is 80.3 Å². The number of carbonyl (C=O) groups is 1. The van der Waals surface area contributed by atoms with Gasteiger partial charge in [-0.05, 0) is 36.4 Å². The fourth-order valence-electron chi connectivity index (χ4n) is 1.77. The molecule has 0 unspecified atom stereocenters. The summed E-state index contributed by atoms with van der Waals surface area (Å²) in [5.74, 6) is -0.346. The number of halogens is 1. The van der Waals surface area contributed by atoms with E-state index >= 15 is 0 Å². The minimum Gasteiger partial charge on any atom is -0.267 e. The van der Waals surface area contributed by atoms with Gasteiger partial charge < -0.3 is 0 Å². The number of para-hydroxylation sites is 1. The van der Waals surface area contributed by atoms with Gasteiger partial charge in [0.25, 0.3) is 11.6 Å². The Labute approximate surface area is 140 Å². The molecule has 0 saturated heterocycles. The first-order valence-corrected chi connectivity index (χ1v) is 7.36. The summed E-state index contributed by atoms with van der Waals surface area (Å²) in [6, 6.07) is 13.3. The third-order valence-electron chi connectivity index (χ3n) is 2.82. The molecule has 23 heavy (non-hydrogen) atoms. The number of nitrogens with one attached hydrogen (secondary N) is 1. The molecule has 0 heterocycles. The number of hydrogen-bond acceptors (Lipinski definition) is 4. The van der Waals surface area contributed by atoms with E-state index in [1.807, 2.05) is 6.07 Å². The zero-order chi connectivity index (χ0) is 16.7. The van der Waals surface area contributed by atoms with Crippen molar-refractivity contribution in [2.75, 3.05) is 0 Å². The summed E-state index contributed by atoms with van der Waals surface area (Å²) in [5, 5.41) is 14.6. The van der Waals surface area contributed by atoms with Crippen LogP contribution in [0.2, 0.25) is 0 Å². The molecule has 6 nitrogen and oxygen atoms in total. The summed E-state index contributed by atoms with van der Waals surface area (Å²) in [7, 11) is 0. The maximum absolute atomic E-state index is 11.8. The van der Waals surface area contributed by atoms with Crippen molar-refractivity contribution in [1.29, 1.82) is 0 Å². The summed E-state index contributed by atoms with van der Waals surface area (Å²) in [5.41, 5.74) is 3.32. The molecule has 0 atom stereocenters. The van der Waals surface area contributed by atoms with Gasteiger partial charge in [0.2, 0.25) is 0 Å². The second kappa shape index (κ2) is 8.00. The van der Waals surface area contributed by atoms with Crippen LogP contribution in [0.25, 0.3) is 6.08 Å². The molecule has 7 heteroatoms. The quantitative estimate of drug-likeness (QED) is 0.491. The third-order valence-corrected chi connectivity index (χ3v) is 3.32. The van der Waals surface area contributed by atoms with Gasteiger partial charge in [0.15, 0.2) is 0 Å². The molecule has 1 amide bonds. The van der Waals surface area contributed by atoms with Crippen LogP contribution in [0, 0.1) is 10.1 Å². The van der Waals surface area contributed by atoms with E-state index in [0.717, 1.165) is 4.47 Å². The lowest BCUT2D eigenvalue weighted by Crippen LogP contribution is -2.17. The summed E-state index contributed by atoms with van der Waals surface area (Å²) in [4.78, 5) is 22.2. The molecule has 0 aliphatic heterocycles. The topological polar surface area (TPSA) is 84.6 Å². The number of hydrazone groups is 1. The van der Waals surface area contributed by atoms with Gasteiger partial charge >= 0.3 is 0 Å². The summed E-state index contributed by atoms with van der Waals surface area (Å²) in [6.45, 7) is 0. The van der Waals surface area contributed by atoms with E-state index in [0.29, 0.717) is 11.1 Å². The maximum Gasteiger partial charge on any atom is 0.276 e. The lowest BCUT2D eigenvalue weighted by atomic mass is 10.2. The van der Waals surface area contributed by atoms with Crippen molar-refractivity contribution < 1.29 is 9.72 Å². The second-order valence-electron chi connectivity index (χ2n) is 4.40. The molecule has 0 fully saturated rings. The van der Waals surface area contributed by atoms with Crippen LogP contribution in [-0.4, -0.2) is 17.0 Å². The van der Waals surface area contributed by atoms with Crippen molar-refractivity contribution in [3.63, 3.8) is 0 Å². The van der Waals surface area contributed by atoms with Crippen molar-refractivity contribution in [2.45, 2.75) is 0 Å². The molecule has 0 aromatic heterocycles. The van der Waals surface area contributed by atoms with Gasteiger partial charge in [0.05, 0.1) is 10.5 Å². The number of rotatable bonds is 5. The monoisotopic (exact) mass is 373 g/mol. The average Bonchev–Trinajstić information content (AvgIpc) is 2.54. The molecule has 0 aliphatic rings. The first-order chi connectivity index (χ1) is 11.1. The fraction of sp³-hybridized carbons (Fsp3) is 0. The van der Waals surface area contributed by atoms with E-state index in [1.165, 1.54) is 18.4 Å². The number of nitro benzene ring substituents is 1. The number of benzene rings is 2. The second-order valence-corrected chi connectivity index (χ2v) is 5.32. The highest BCUT2D eigenvalue weighted by atomic mass is 79.9. The third kappa shape index (κ3) is 4.86. The molecular formula is C16H12BrN3O3. The van der Waals surface area contributed by atoms with E-state index in [1.54, 1.807) is 42.5 Å². The maximum atomic E-state index is 11.8. The van der Waals surface area contributed by atoms with Gasteiger partial charge in [0.1, 0.15) is 0 Å². The largest absolute Gasteiger partial charge is 0.276 e. The number of amides is 1. The van der Waals surface area contributed by atoms with Gasteiger partial charge in [-0.2, -0.15) is 5.10 Å². The predicted octanol–water partition coefficient (Wildman–Crippen LogP) is 3.79. The first kappa shape index (κ1) is 16.6. The van der Waals surface area contributed by atoms with Crippen molar-refractivity contribution in [2.24, 2.45) is 5.10 Å². The standard InChI is InChI=1S/C16H12BrN3O3/c17-14-8-3-6-13(11-14)16(21)19-18-10-4-7-12-5-1-2-9-15(12)20(22)23/h1-11H,(H,19,21)/b7-4+,18-10+. The van der Waals surface area contributed by atoms with E-state index in [4.69, 9.17) is 0 Å². The number of nitro groups is 1. The Morgan fingerprint density at radius 3 is 2.74 bits per heavy atom. The zero-order valence-corrected chi connectivity index (χ0v) is 13.4. The van der Waals surface area contributed by atoms with Crippen LogP contribution < -0.4 is 5.43 Å². The summed E-state index contributed by atoms with van der Waals surface area (Å²) < 4.78 is 0.797. The van der Waals surface area contributed by atoms with Crippen molar-refractivity contribution in [3.8, 4) is 0 Å². The van der Waals surface area contributed by atoms with Crippen molar-refractivity contribution >= 4 is 39.8 Å². The lowest BCUT2D eigenvalue weighted by molar-refractivity contribution is -0.385. The number of allylic oxidation sites excluding steroid dienone is 1. The molecular weight excluding hydrogens is 362 g/mol. The number of nitrogens with zero attached hydrogens (tertiary/aromatic N) is 2. The highest BCUT2D eigenvalue weighted by Gasteiger charge is 2.08. The molecule has 1 N–H and O–H groups in total. The normalized spacial score (nSPS) is 11.0. The highest BCUT2D eigenvalue weighted by molar-refractivity contribution is 9.10. The zero-order valence-electron chi connectivity index (χ0n) is 11.8. The molecule has 0 bridgehead atoms. The molecule has 0 radical (unpaired) electrons. The van der Waals surface area contributed by atoms with Gasteiger partial charge in [-0.3, -0.25) is 14.9 Å². The Hall–Kier alpha value is -2.80. The van der Waals surface area contributed by atoms with E-state index in [-0.39, 0.29) is 11.6 Å². The van der Waals surface area contributed by atoms with Crippen LogP contribution in [0.5, 0.6) is 0 Å². The Balaban J connectivity index is 1.97. The van der Waals surface area contributed by atoms with E-state index < -0.39 is 4.92 Å². The summed E-state index contributed by atoms with van der Waals surface area (Å²) >= 11 is 3.28. The Morgan fingerprint density at radius 2 is 2.00 bits per heavy atom. The number of hydrogen-bond donors (Lipinski definition) is 1. The lowest BCUT2D eigenvalue weighted by Gasteiger charge is -1.99.